The summed E-state index contributed by atoms with van der Waals surface area (Å²) in [5.41, 5.74) is 0. The van der Waals surface area contributed by atoms with Crippen LogP contribution in [0.15, 0.2) is 0 Å². The third kappa shape index (κ3) is 2.68. The average Bonchev–Trinajstić information content (AvgIpc) is 3.05. The Balaban J connectivity index is 1.37. The van der Waals surface area contributed by atoms with Crippen molar-refractivity contribution >= 4 is 0 Å². The van der Waals surface area contributed by atoms with Crippen molar-refractivity contribution in [2.75, 3.05) is 6.61 Å². The van der Waals surface area contributed by atoms with Gasteiger partial charge in [0.2, 0.25) is 0 Å². The highest BCUT2D eigenvalue weighted by molar-refractivity contribution is 4.92. The lowest BCUT2D eigenvalue weighted by atomic mass is 9.83. The van der Waals surface area contributed by atoms with Crippen LogP contribution in [0.4, 0.5) is 0 Å². The number of rotatable bonds is 5. The molecule has 2 saturated carbocycles. The van der Waals surface area contributed by atoms with E-state index < -0.39 is 0 Å². The van der Waals surface area contributed by atoms with Crippen LogP contribution < -0.4 is 0 Å². The Hall–Kier alpha value is -0.0800. The van der Waals surface area contributed by atoms with Crippen molar-refractivity contribution < 1.29 is 9.84 Å². The molecule has 2 bridgehead atoms. The number of aliphatic hydroxyl groups excluding tert-OH is 1. The zero-order valence-corrected chi connectivity index (χ0v) is 10.8. The van der Waals surface area contributed by atoms with Gasteiger partial charge in [0, 0.05) is 6.61 Å². The second-order valence-corrected chi connectivity index (χ2v) is 6.47. The summed E-state index contributed by atoms with van der Waals surface area (Å²) in [5, 5.41) is 10.3. The summed E-state index contributed by atoms with van der Waals surface area (Å²) in [6, 6.07) is 0. The molecular weight excluding hydrogens is 212 g/mol. The second kappa shape index (κ2) is 5.27. The Labute approximate surface area is 105 Å². The third-order valence-electron chi connectivity index (χ3n) is 5.34. The van der Waals surface area contributed by atoms with Crippen LogP contribution in [0.5, 0.6) is 0 Å². The third-order valence-corrected chi connectivity index (χ3v) is 5.34. The van der Waals surface area contributed by atoms with Gasteiger partial charge in [-0.25, -0.2) is 0 Å². The molecule has 1 heterocycles. The lowest BCUT2D eigenvalue weighted by molar-refractivity contribution is 0.0564. The quantitative estimate of drug-likeness (QED) is 0.797. The monoisotopic (exact) mass is 238 g/mol. The first-order valence-corrected chi connectivity index (χ1v) is 7.62. The molecule has 98 valence electrons. The fourth-order valence-corrected chi connectivity index (χ4v) is 4.41. The highest BCUT2D eigenvalue weighted by Gasteiger charge is 2.42. The van der Waals surface area contributed by atoms with Crippen LogP contribution in [0.1, 0.15) is 57.8 Å². The summed E-state index contributed by atoms with van der Waals surface area (Å²) >= 11 is 0. The zero-order valence-electron chi connectivity index (χ0n) is 10.8. The van der Waals surface area contributed by atoms with Crippen molar-refractivity contribution in [3.05, 3.63) is 0 Å². The van der Waals surface area contributed by atoms with E-state index in [0.717, 1.165) is 37.7 Å². The molecule has 3 aliphatic rings. The fourth-order valence-electron chi connectivity index (χ4n) is 4.41. The average molecular weight is 238 g/mol. The SMILES string of the molecule is OC(CCCC1CCCO1)C1CC2CCC1C2. The molecule has 17 heavy (non-hydrogen) atoms. The van der Waals surface area contributed by atoms with Crippen LogP contribution in [-0.2, 0) is 4.74 Å². The number of ether oxygens (including phenoxy) is 1. The maximum atomic E-state index is 10.3. The Morgan fingerprint density at radius 3 is 2.76 bits per heavy atom. The van der Waals surface area contributed by atoms with Crippen LogP contribution in [0.3, 0.4) is 0 Å². The molecule has 1 saturated heterocycles. The molecule has 2 aliphatic carbocycles. The molecule has 1 aliphatic heterocycles. The van der Waals surface area contributed by atoms with Gasteiger partial charge < -0.3 is 9.84 Å². The molecule has 0 aromatic rings. The van der Waals surface area contributed by atoms with E-state index in [1.165, 1.54) is 38.5 Å². The maximum absolute atomic E-state index is 10.3. The molecule has 0 radical (unpaired) electrons. The van der Waals surface area contributed by atoms with Gasteiger partial charge in [0.15, 0.2) is 0 Å². The molecule has 5 atom stereocenters. The zero-order chi connectivity index (χ0) is 11.7. The predicted molar refractivity (Wildman–Crippen MR) is 67.8 cm³/mol. The van der Waals surface area contributed by atoms with Crippen molar-refractivity contribution in [3.8, 4) is 0 Å². The Morgan fingerprint density at radius 2 is 2.12 bits per heavy atom. The van der Waals surface area contributed by atoms with Crippen LogP contribution in [-0.4, -0.2) is 23.9 Å². The number of hydrogen-bond donors (Lipinski definition) is 1. The maximum Gasteiger partial charge on any atom is 0.0576 e. The van der Waals surface area contributed by atoms with E-state index in [4.69, 9.17) is 4.74 Å². The van der Waals surface area contributed by atoms with Gasteiger partial charge in [-0.2, -0.15) is 0 Å². The van der Waals surface area contributed by atoms with E-state index in [1.54, 1.807) is 0 Å². The molecule has 3 fully saturated rings. The van der Waals surface area contributed by atoms with Crippen molar-refractivity contribution in [1.29, 1.82) is 0 Å². The Morgan fingerprint density at radius 1 is 1.18 bits per heavy atom. The lowest BCUT2D eigenvalue weighted by Crippen LogP contribution is -2.25. The Bertz CT molecular complexity index is 247. The summed E-state index contributed by atoms with van der Waals surface area (Å²) in [5.74, 6) is 2.45. The lowest BCUT2D eigenvalue weighted by Gasteiger charge is -2.27. The van der Waals surface area contributed by atoms with Gasteiger partial charge in [-0.15, -0.1) is 0 Å². The first-order chi connectivity index (χ1) is 8.33. The molecule has 5 unspecified atom stereocenters. The van der Waals surface area contributed by atoms with Gasteiger partial charge >= 0.3 is 0 Å². The van der Waals surface area contributed by atoms with Crippen LogP contribution in [0.25, 0.3) is 0 Å². The van der Waals surface area contributed by atoms with Crippen molar-refractivity contribution in [2.24, 2.45) is 17.8 Å². The molecule has 2 heteroatoms. The molecule has 0 aromatic heterocycles. The van der Waals surface area contributed by atoms with Gasteiger partial charge in [-0.05, 0) is 69.1 Å². The molecule has 3 rings (SSSR count). The van der Waals surface area contributed by atoms with E-state index >= 15 is 0 Å². The summed E-state index contributed by atoms with van der Waals surface area (Å²) in [6.07, 6.45) is 11.8. The minimum absolute atomic E-state index is 0.0216. The molecule has 0 spiro atoms. The van der Waals surface area contributed by atoms with Crippen molar-refractivity contribution in [3.63, 3.8) is 0 Å². The van der Waals surface area contributed by atoms with Gasteiger partial charge in [-0.3, -0.25) is 0 Å². The predicted octanol–water partition coefficient (Wildman–Crippen LogP) is 3.13. The summed E-state index contributed by atoms with van der Waals surface area (Å²) < 4.78 is 5.63. The molecule has 0 aromatic carbocycles. The standard InChI is InChI=1S/C15H26O2/c16-15(5-1-3-13-4-2-8-17-13)14-10-11-6-7-12(14)9-11/h11-16H,1-10H2. The fraction of sp³-hybridized carbons (Fsp3) is 1.00. The van der Waals surface area contributed by atoms with E-state index in [9.17, 15) is 5.11 Å². The van der Waals surface area contributed by atoms with Crippen molar-refractivity contribution in [1.82, 2.24) is 0 Å². The van der Waals surface area contributed by atoms with Gasteiger partial charge in [0.1, 0.15) is 0 Å². The highest BCUT2D eigenvalue weighted by Crippen LogP contribution is 2.50. The molecule has 2 nitrogen and oxygen atoms in total. The first-order valence-electron chi connectivity index (χ1n) is 7.62. The van der Waals surface area contributed by atoms with Gasteiger partial charge in [0.25, 0.3) is 0 Å². The summed E-state index contributed by atoms with van der Waals surface area (Å²) in [4.78, 5) is 0. The highest BCUT2D eigenvalue weighted by atomic mass is 16.5. The molecule has 1 N–H and O–H groups in total. The number of fused-ring (bicyclic) bond motifs is 2. The van der Waals surface area contributed by atoms with E-state index in [1.807, 2.05) is 0 Å². The summed E-state index contributed by atoms with van der Waals surface area (Å²) in [7, 11) is 0. The second-order valence-electron chi connectivity index (χ2n) is 6.47. The normalized spacial score (nSPS) is 42.2. The van der Waals surface area contributed by atoms with Crippen LogP contribution >= 0.6 is 0 Å². The topological polar surface area (TPSA) is 29.5 Å². The van der Waals surface area contributed by atoms with Crippen LogP contribution in [0.2, 0.25) is 0 Å². The van der Waals surface area contributed by atoms with Crippen LogP contribution in [0, 0.1) is 17.8 Å². The minimum atomic E-state index is -0.0216. The molecule has 0 amide bonds. The number of aliphatic hydroxyl groups is 1. The Kier molecular flexibility index (Phi) is 3.72. The minimum Gasteiger partial charge on any atom is -0.393 e. The first kappa shape index (κ1) is 12.0. The molecular formula is C15H26O2. The summed E-state index contributed by atoms with van der Waals surface area (Å²) in [6.45, 7) is 0.958. The van der Waals surface area contributed by atoms with Gasteiger partial charge in [0.05, 0.1) is 12.2 Å². The largest absolute Gasteiger partial charge is 0.393 e. The smallest absolute Gasteiger partial charge is 0.0576 e. The van der Waals surface area contributed by atoms with E-state index in [0.29, 0.717) is 12.0 Å². The van der Waals surface area contributed by atoms with Gasteiger partial charge in [-0.1, -0.05) is 6.42 Å². The van der Waals surface area contributed by atoms with E-state index in [-0.39, 0.29) is 6.10 Å². The van der Waals surface area contributed by atoms with Crippen molar-refractivity contribution in [2.45, 2.75) is 70.0 Å². The number of hydrogen-bond acceptors (Lipinski definition) is 2. The van der Waals surface area contributed by atoms with E-state index in [2.05, 4.69) is 0 Å².